The molecule has 104 valence electrons. The molecule has 0 spiro atoms. The third-order valence-electron chi connectivity index (χ3n) is 5.51. The molecule has 2 saturated carbocycles. The van der Waals surface area contributed by atoms with E-state index >= 15 is 0 Å². The summed E-state index contributed by atoms with van der Waals surface area (Å²) in [5.74, 6) is 6.86. The van der Waals surface area contributed by atoms with Gasteiger partial charge in [-0.05, 0) is 30.7 Å². The van der Waals surface area contributed by atoms with Crippen molar-refractivity contribution in [3.63, 3.8) is 0 Å². The van der Waals surface area contributed by atoms with Crippen molar-refractivity contribution in [1.82, 2.24) is 5.43 Å². The zero-order valence-corrected chi connectivity index (χ0v) is 11.8. The first kappa shape index (κ1) is 13.1. The van der Waals surface area contributed by atoms with Crippen molar-refractivity contribution in [3.05, 3.63) is 35.9 Å². The van der Waals surface area contributed by atoms with Crippen molar-refractivity contribution in [2.45, 2.75) is 62.8 Å². The van der Waals surface area contributed by atoms with Gasteiger partial charge >= 0.3 is 0 Å². The minimum Gasteiger partial charge on any atom is -0.271 e. The maximum atomic E-state index is 5.95. The van der Waals surface area contributed by atoms with Crippen LogP contribution in [0, 0.1) is 5.92 Å². The van der Waals surface area contributed by atoms with Crippen LogP contribution in [0.5, 0.6) is 0 Å². The van der Waals surface area contributed by atoms with Crippen LogP contribution < -0.4 is 11.3 Å². The van der Waals surface area contributed by atoms with Crippen molar-refractivity contribution >= 4 is 0 Å². The Hall–Kier alpha value is -0.860. The number of nitrogens with two attached hydrogens (primary N) is 1. The second kappa shape index (κ2) is 5.64. The molecule has 1 atom stereocenters. The molecule has 0 bridgehead atoms. The van der Waals surface area contributed by atoms with Crippen molar-refractivity contribution < 1.29 is 0 Å². The lowest BCUT2D eigenvalue weighted by Crippen LogP contribution is -2.51. The number of nitrogens with one attached hydrogen (secondary N) is 1. The quantitative estimate of drug-likeness (QED) is 0.626. The average Bonchev–Trinajstić information content (AvgIpc) is 2.89. The van der Waals surface area contributed by atoms with Crippen LogP contribution in [0.25, 0.3) is 0 Å². The first-order valence-electron chi connectivity index (χ1n) is 7.87. The van der Waals surface area contributed by atoms with E-state index in [1.807, 2.05) is 0 Å². The number of hydrazine groups is 1. The maximum absolute atomic E-state index is 5.95. The van der Waals surface area contributed by atoms with E-state index < -0.39 is 0 Å². The predicted octanol–water partition coefficient (Wildman–Crippen LogP) is 3.52. The molecule has 1 aromatic rings. The first-order chi connectivity index (χ1) is 9.35. The van der Waals surface area contributed by atoms with E-state index in [0.29, 0.717) is 6.04 Å². The lowest BCUT2D eigenvalue weighted by atomic mass is 9.68. The summed E-state index contributed by atoms with van der Waals surface area (Å²) in [4.78, 5) is 0. The second-order valence-electron chi connectivity index (χ2n) is 6.48. The molecule has 0 aromatic heterocycles. The summed E-state index contributed by atoms with van der Waals surface area (Å²) >= 11 is 0. The minimum absolute atomic E-state index is 0.283. The SMILES string of the molecule is NNC(CC1CCC1)C1(c2ccccc2)CCCC1. The number of hydrogen-bond acceptors (Lipinski definition) is 2. The van der Waals surface area contributed by atoms with E-state index in [4.69, 9.17) is 5.84 Å². The molecule has 2 heteroatoms. The van der Waals surface area contributed by atoms with E-state index in [2.05, 4.69) is 35.8 Å². The summed E-state index contributed by atoms with van der Waals surface area (Å²) < 4.78 is 0. The molecule has 2 aliphatic carbocycles. The summed E-state index contributed by atoms with van der Waals surface area (Å²) in [5.41, 5.74) is 4.96. The van der Waals surface area contributed by atoms with E-state index in [1.165, 1.54) is 56.9 Å². The molecule has 0 heterocycles. The van der Waals surface area contributed by atoms with Gasteiger partial charge in [0.2, 0.25) is 0 Å². The fraction of sp³-hybridized carbons (Fsp3) is 0.647. The predicted molar refractivity (Wildman–Crippen MR) is 79.7 cm³/mol. The lowest BCUT2D eigenvalue weighted by Gasteiger charge is -2.41. The van der Waals surface area contributed by atoms with Gasteiger partial charge in [0.1, 0.15) is 0 Å². The van der Waals surface area contributed by atoms with Crippen molar-refractivity contribution in [2.75, 3.05) is 0 Å². The monoisotopic (exact) mass is 258 g/mol. The fourth-order valence-corrected chi connectivity index (χ4v) is 4.13. The van der Waals surface area contributed by atoms with Crippen LogP contribution in [0.2, 0.25) is 0 Å². The van der Waals surface area contributed by atoms with Gasteiger partial charge in [0, 0.05) is 11.5 Å². The van der Waals surface area contributed by atoms with Crippen LogP contribution in [-0.2, 0) is 5.41 Å². The molecule has 1 aromatic carbocycles. The van der Waals surface area contributed by atoms with Crippen molar-refractivity contribution in [3.8, 4) is 0 Å². The van der Waals surface area contributed by atoms with Crippen LogP contribution in [0.4, 0.5) is 0 Å². The lowest BCUT2D eigenvalue weighted by molar-refractivity contribution is 0.199. The molecule has 0 aliphatic heterocycles. The van der Waals surface area contributed by atoms with Gasteiger partial charge in [0.25, 0.3) is 0 Å². The standard InChI is InChI=1S/C17H26N2/c18-19-16(13-14-7-6-8-14)17(11-4-5-12-17)15-9-2-1-3-10-15/h1-3,9-10,14,16,19H,4-8,11-13,18H2. The van der Waals surface area contributed by atoms with Gasteiger partial charge in [0.05, 0.1) is 0 Å². The number of rotatable bonds is 5. The van der Waals surface area contributed by atoms with Gasteiger partial charge in [0.15, 0.2) is 0 Å². The van der Waals surface area contributed by atoms with E-state index in [1.54, 1.807) is 0 Å². The van der Waals surface area contributed by atoms with Crippen LogP contribution in [0.1, 0.15) is 56.9 Å². The molecule has 0 amide bonds. The molecule has 1 unspecified atom stereocenters. The van der Waals surface area contributed by atoms with Crippen LogP contribution in [-0.4, -0.2) is 6.04 Å². The topological polar surface area (TPSA) is 38.0 Å². The first-order valence-corrected chi connectivity index (χ1v) is 7.87. The Morgan fingerprint density at radius 1 is 1.11 bits per heavy atom. The van der Waals surface area contributed by atoms with Gasteiger partial charge in [-0.15, -0.1) is 0 Å². The second-order valence-corrected chi connectivity index (χ2v) is 6.48. The van der Waals surface area contributed by atoms with Gasteiger partial charge in [-0.2, -0.15) is 0 Å². The van der Waals surface area contributed by atoms with Crippen LogP contribution in [0.15, 0.2) is 30.3 Å². The molecule has 2 aliphatic rings. The van der Waals surface area contributed by atoms with Crippen LogP contribution >= 0.6 is 0 Å². The van der Waals surface area contributed by atoms with E-state index in [-0.39, 0.29) is 5.41 Å². The van der Waals surface area contributed by atoms with Gasteiger partial charge in [-0.25, -0.2) is 0 Å². The molecule has 2 nitrogen and oxygen atoms in total. The van der Waals surface area contributed by atoms with Gasteiger partial charge < -0.3 is 0 Å². The minimum atomic E-state index is 0.283. The maximum Gasteiger partial charge on any atom is 0.0309 e. The largest absolute Gasteiger partial charge is 0.271 e. The molecule has 19 heavy (non-hydrogen) atoms. The smallest absolute Gasteiger partial charge is 0.0309 e. The highest BCUT2D eigenvalue weighted by atomic mass is 15.2. The Morgan fingerprint density at radius 3 is 2.32 bits per heavy atom. The Morgan fingerprint density at radius 2 is 1.79 bits per heavy atom. The Balaban J connectivity index is 1.85. The third kappa shape index (κ3) is 2.44. The zero-order chi connectivity index (χ0) is 13.1. The Bertz CT molecular complexity index is 391. The Labute approximate surface area is 116 Å². The Kier molecular flexibility index (Phi) is 3.90. The normalized spacial score (nSPS) is 24.1. The summed E-state index contributed by atoms with van der Waals surface area (Å²) in [6, 6.07) is 11.5. The molecular weight excluding hydrogens is 232 g/mol. The number of hydrogen-bond donors (Lipinski definition) is 2. The van der Waals surface area contributed by atoms with Gasteiger partial charge in [-0.3, -0.25) is 11.3 Å². The summed E-state index contributed by atoms with van der Waals surface area (Å²) in [6.07, 6.45) is 10.8. The summed E-state index contributed by atoms with van der Waals surface area (Å²) in [5, 5.41) is 0. The van der Waals surface area contributed by atoms with Crippen molar-refractivity contribution in [1.29, 1.82) is 0 Å². The van der Waals surface area contributed by atoms with Crippen LogP contribution in [0.3, 0.4) is 0 Å². The highest BCUT2D eigenvalue weighted by Crippen LogP contribution is 2.46. The third-order valence-corrected chi connectivity index (χ3v) is 5.51. The molecule has 3 rings (SSSR count). The van der Waals surface area contributed by atoms with Gasteiger partial charge in [-0.1, -0.05) is 62.4 Å². The highest BCUT2D eigenvalue weighted by molar-refractivity contribution is 5.29. The highest BCUT2D eigenvalue weighted by Gasteiger charge is 2.43. The molecule has 3 N–H and O–H groups in total. The summed E-state index contributed by atoms with van der Waals surface area (Å²) in [6.45, 7) is 0. The van der Waals surface area contributed by atoms with E-state index in [0.717, 1.165) is 5.92 Å². The zero-order valence-electron chi connectivity index (χ0n) is 11.8. The van der Waals surface area contributed by atoms with Crippen molar-refractivity contribution in [2.24, 2.45) is 11.8 Å². The van der Waals surface area contributed by atoms with E-state index in [9.17, 15) is 0 Å². The average molecular weight is 258 g/mol. The molecule has 0 radical (unpaired) electrons. The fourth-order valence-electron chi connectivity index (χ4n) is 4.13. The number of benzene rings is 1. The molecule has 0 saturated heterocycles. The molecule has 2 fully saturated rings. The summed E-state index contributed by atoms with van der Waals surface area (Å²) in [7, 11) is 0. The molecular formula is C17H26N2.